The zero-order valence-corrected chi connectivity index (χ0v) is 13.4. The van der Waals surface area contributed by atoms with Crippen molar-refractivity contribution in [3.05, 3.63) is 33.8 Å². The van der Waals surface area contributed by atoms with Gasteiger partial charge in [-0.25, -0.2) is 0 Å². The molecule has 0 aromatic heterocycles. The summed E-state index contributed by atoms with van der Waals surface area (Å²) in [6, 6.07) is 5.73. The van der Waals surface area contributed by atoms with Crippen LogP contribution in [0.15, 0.2) is 18.2 Å². The van der Waals surface area contributed by atoms with Crippen LogP contribution in [0.4, 0.5) is 0 Å². The number of hydrogen-bond acceptors (Lipinski definition) is 2. The minimum Gasteiger partial charge on any atom is -0.368 e. The van der Waals surface area contributed by atoms with Crippen LogP contribution in [0.3, 0.4) is 0 Å². The fraction of sp³-hybridized carbons (Fsp3) is 0.571. The maximum absolute atomic E-state index is 6.24. The maximum atomic E-state index is 6.24. The Kier molecular flexibility index (Phi) is 5.02. The summed E-state index contributed by atoms with van der Waals surface area (Å²) in [4.78, 5) is 2.31. The number of ether oxygens (including phenoxy) is 1. The molecule has 2 nitrogen and oxygen atoms in total. The average Bonchev–Trinajstić information content (AvgIpc) is 2.33. The highest BCUT2D eigenvalue weighted by molar-refractivity contribution is 6.42. The normalized spacial score (nSPS) is 23.5. The van der Waals surface area contributed by atoms with Gasteiger partial charge in [0.15, 0.2) is 0 Å². The first-order chi connectivity index (χ1) is 8.91. The van der Waals surface area contributed by atoms with Gasteiger partial charge in [0.1, 0.15) is 0 Å². The van der Waals surface area contributed by atoms with E-state index in [1.807, 2.05) is 12.1 Å². The molecule has 1 fully saturated rings. The first-order valence-corrected chi connectivity index (χ1v) is 7.59. The Balaban J connectivity index is 2.11. The minimum absolute atomic E-state index is 0.0587. The van der Waals surface area contributed by atoms with E-state index >= 15 is 0 Å². The topological polar surface area (TPSA) is 12.5 Å². The Morgan fingerprint density at radius 3 is 2.79 bits per heavy atom. The number of nitrogens with zero attached hydrogens (tertiary/aromatic N) is 1. The van der Waals surface area contributed by atoms with E-state index in [1.165, 1.54) is 0 Å². The van der Waals surface area contributed by atoms with E-state index in [-0.39, 0.29) is 11.7 Å². The molecule has 1 unspecified atom stereocenters. The number of hydrogen-bond donors (Lipinski definition) is 0. The van der Waals surface area contributed by atoms with Crippen LogP contribution in [0, 0.1) is 0 Å². The lowest BCUT2D eigenvalue weighted by molar-refractivity contribution is -0.129. The molecule has 1 aromatic carbocycles. The first-order valence-electron chi connectivity index (χ1n) is 6.30. The molecule has 1 aliphatic heterocycles. The van der Waals surface area contributed by atoms with Crippen LogP contribution in [0.1, 0.15) is 19.4 Å². The molecule has 1 saturated heterocycles. The fourth-order valence-electron chi connectivity index (χ4n) is 2.53. The number of rotatable bonds is 3. The van der Waals surface area contributed by atoms with Crippen molar-refractivity contribution in [3.8, 4) is 0 Å². The van der Waals surface area contributed by atoms with E-state index in [4.69, 9.17) is 39.5 Å². The van der Waals surface area contributed by atoms with Crippen LogP contribution < -0.4 is 0 Å². The van der Waals surface area contributed by atoms with Gasteiger partial charge in [-0.05, 0) is 25.5 Å². The predicted molar refractivity (Wildman–Crippen MR) is 81.4 cm³/mol. The monoisotopic (exact) mass is 321 g/mol. The smallest absolute Gasteiger partial charge is 0.0845 e. The second-order valence-electron chi connectivity index (χ2n) is 5.54. The first kappa shape index (κ1) is 15.4. The Morgan fingerprint density at radius 2 is 2.11 bits per heavy atom. The summed E-state index contributed by atoms with van der Waals surface area (Å²) < 4.78 is 5.91. The molecule has 1 aromatic rings. The van der Waals surface area contributed by atoms with Gasteiger partial charge >= 0.3 is 0 Å². The highest BCUT2D eigenvalue weighted by Crippen LogP contribution is 2.29. The molecule has 106 valence electrons. The third kappa shape index (κ3) is 3.99. The van der Waals surface area contributed by atoms with E-state index < -0.39 is 0 Å². The lowest BCUT2D eigenvalue weighted by Crippen LogP contribution is -2.52. The van der Waals surface area contributed by atoms with E-state index in [0.717, 1.165) is 25.2 Å². The van der Waals surface area contributed by atoms with Gasteiger partial charge in [0.25, 0.3) is 0 Å². The van der Waals surface area contributed by atoms with E-state index in [0.29, 0.717) is 15.9 Å². The van der Waals surface area contributed by atoms with Gasteiger partial charge < -0.3 is 4.74 Å². The van der Waals surface area contributed by atoms with Crippen molar-refractivity contribution in [3.63, 3.8) is 0 Å². The van der Waals surface area contributed by atoms with Crippen molar-refractivity contribution in [2.24, 2.45) is 0 Å². The van der Waals surface area contributed by atoms with E-state index in [9.17, 15) is 0 Å². The number of halogens is 3. The summed E-state index contributed by atoms with van der Waals surface area (Å²) in [5, 5.41) is 1.23. The van der Waals surface area contributed by atoms with Crippen LogP contribution >= 0.6 is 34.8 Å². The molecule has 0 bridgehead atoms. The Bertz CT molecular complexity index is 450. The molecule has 0 aliphatic carbocycles. The third-order valence-corrected chi connectivity index (χ3v) is 4.35. The van der Waals surface area contributed by atoms with Gasteiger partial charge in [-0.15, -0.1) is 11.6 Å². The van der Waals surface area contributed by atoms with Gasteiger partial charge in [-0.3, -0.25) is 4.90 Å². The highest BCUT2D eigenvalue weighted by atomic mass is 35.5. The third-order valence-electron chi connectivity index (χ3n) is 3.15. The van der Waals surface area contributed by atoms with Gasteiger partial charge in [0.05, 0.1) is 21.8 Å². The van der Waals surface area contributed by atoms with E-state index in [2.05, 4.69) is 18.7 Å². The summed E-state index contributed by atoms with van der Waals surface area (Å²) >= 11 is 18.2. The van der Waals surface area contributed by atoms with Crippen LogP contribution in [0.2, 0.25) is 10.0 Å². The predicted octanol–water partition coefficient (Wildman–Crippen LogP) is 4.21. The molecular weight excluding hydrogens is 305 g/mol. The largest absolute Gasteiger partial charge is 0.368 e. The van der Waals surface area contributed by atoms with Crippen LogP contribution in [0.25, 0.3) is 0 Å². The highest BCUT2D eigenvalue weighted by Gasteiger charge is 2.33. The molecule has 0 spiro atoms. The lowest BCUT2D eigenvalue weighted by atomic mass is 10.0. The zero-order valence-electron chi connectivity index (χ0n) is 11.1. The Labute approximate surface area is 129 Å². The lowest BCUT2D eigenvalue weighted by Gasteiger charge is -2.42. The van der Waals surface area contributed by atoms with Gasteiger partial charge in [0.2, 0.25) is 0 Å². The minimum atomic E-state index is -0.192. The second kappa shape index (κ2) is 6.19. The quantitative estimate of drug-likeness (QED) is 0.773. The maximum Gasteiger partial charge on any atom is 0.0845 e. The molecule has 2 rings (SSSR count). The summed E-state index contributed by atoms with van der Waals surface area (Å²) in [7, 11) is 0. The number of morpholine rings is 1. The van der Waals surface area contributed by atoms with Gasteiger partial charge in [0, 0.05) is 25.5 Å². The van der Waals surface area contributed by atoms with Gasteiger partial charge in [-0.2, -0.15) is 0 Å². The molecule has 5 heteroatoms. The summed E-state index contributed by atoms with van der Waals surface area (Å²) in [6.07, 6.45) is 0.0587. The van der Waals surface area contributed by atoms with Crippen LogP contribution in [-0.2, 0) is 11.3 Å². The molecule has 0 saturated carbocycles. The fourth-order valence-corrected chi connectivity index (χ4v) is 3.07. The molecule has 0 radical (unpaired) electrons. The van der Waals surface area contributed by atoms with Crippen molar-refractivity contribution in [1.82, 2.24) is 4.90 Å². The molecule has 0 N–H and O–H groups in total. The molecule has 1 aliphatic rings. The van der Waals surface area contributed by atoms with Crippen molar-refractivity contribution < 1.29 is 4.74 Å². The summed E-state index contributed by atoms with van der Waals surface area (Å²) in [5.74, 6) is 0.503. The van der Waals surface area contributed by atoms with Crippen molar-refractivity contribution >= 4 is 34.8 Å². The standard InChI is InChI=1S/C14H18Cl3NO/c1-14(2)9-18(8-11(6-15)19-14)7-10-4-3-5-12(16)13(10)17/h3-5,11H,6-9H2,1-2H3. The number of benzene rings is 1. The van der Waals surface area contributed by atoms with Crippen molar-refractivity contribution in [1.29, 1.82) is 0 Å². The summed E-state index contributed by atoms with van der Waals surface area (Å²) in [6.45, 7) is 6.59. The molecule has 1 heterocycles. The van der Waals surface area contributed by atoms with Crippen LogP contribution in [0.5, 0.6) is 0 Å². The molecule has 0 amide bonds. The Morgan fingerprint density at radius 1 is 1.37 bits per heavy atom. The number of alkyl halides is 1. The SMILES string of the molecule is CC1(C)CN(Cc2cccc(Cl)c2Cl)CC(CCl)O1. The second-order valence-corrected chi connectivity index (χ2v) is 6.63. The molecule has 1 atom stereocenters. The zero-order chi connectivity index (χ0) is 14.0. The van der Waals surface area contributed by atoms with Crippen LogP contribution in [-0.4, -0.2) is 35.6 Å². The van der Waals surface area contributed by atoms with Crippen molar-refractivity contribution in [2.45, 2.75) is 32.1 Å². The molecule has 19 heavy (non-hydrogen) atoms. The van der Waals surface area contributed by atoms with Gasteiger partial charge in [-0.1, -0.05) is 35.3 Å². The van der Waals surface area contributed by atoms with Crippen molar-refractivity contribution in [2.75, 3.05) is 19.0 Å². The average molecular weight is 323 g/mol. The Hall–Kier alpha value is 0.01000. The summed E-state index contributed by atoms with van der Waals surface area (Å²) in [5.41, 5.74) is 0.850. The molecular formula is C14H18Cl3NO. The van der Waals surface area contributed by atoms with E-state index in [1.54, 1.807) is 6.07 Å².